The molecule has 5 rings (SSSR count). The molecule has 2 saturated carbocycles. The third-order valence-electron chi connectivity index (χ3n) is 7.24. The van der Waals surface area contributed by atoms with Crippen LogP contribution in [0.1, 0.15) is 61.3 Å². The molecule has 0 heterocycles. The van der Waals surface area contributed by atoms with E-state index in [9.17, 15) is 0 Å². The average molecular weight is 412 g/mol. The topological polar surface area (TPSA) is 12.0 Å². The van der Waals surface area contributed by atoms with Gasteiger partial charge in [0, 0.05) is 6.04 Å². The van der Waals surface area contributed by atoms with Crippen LogP contribution in [-0.2, 0) is 6.42 Å². The molecule has 0 saturated heterocycles. The maximum absolute atomic E-state index is 3.92. The van der Waals surface area contributed by atoms with E-state index in [1.807, 2.05) is 18.2 Å². The Hall–Kier alpha value is -2.38. The second-order valence-corrected chi connectivity index (χ2v) is 9.54. The van der Waals surface area contributed by atoms with Crippen LogP contribution in [0.25, 0.3) is 0 Å². The summed E-state index contributed by atoms with van der Waals surface area (Å²) >= 11 is 0. The SMILES string of the molecule is Cc1ccccc1.c1ccc(CC(NCC2CC23CCCCC3)c2ccccc2)cc1. The van der Waals surface area contributed by atoms with Crippen LogP contribution in [0.4, 0.5) is 0 Å². The highest BCUT2D eigenvalue weighted by Crippen LogP contribution is 2.61. The molecule has 1 N–H and O–H groups in total. The molecule has 0 radical (unpaired) electrons. The highest BCUT2D eigenvalue weighted by molar-refractivity contribution is 5.24. The zero-order chi connectivity index (χ0) is 21.4. The highest BCUT2D eigenvalue weighted by atomic mass is 14.9. The summed E-state index contributed by atoms with van der Waals surface area (Å²) < 4.78 is 0. The fraction of sp³-hybridized carbons (Fsp3) is 0.400. The molecule has 3 aromatic rings. The minimum Gasteiger partial charge on any atom is -0.309 e. The molecule has 0 bridgehead atoms. The van der Waals surface area contributed by atoms with E-state index in [-0.39, 0.29) is 0 Å². The summed E-state index contributed by atoms with van der Waals surface area (Å²) in [5, 5.41) is 3.92. The first kappa shape index (κ1) is 21.8. The van der Waals surface area contributed by atoms with Crippen LogP contribution in [0.2, 0.25) is 0 Å². The number of hydrogen-bond acceptors (Lipinski definition) is 1. The standard InChI is InChI=1S/C23H29N.C7H8/c1-4-10-19(11-5-1)16-22(20-12-6-2-7-13-20)24-18-21-17-23(21)14-8-3-9-15-23;1-7-5-3-2-4-6-7/h1-2,4-7,10-13,21-22,24H,3,8-9,14-18H2;2-6H,1H3. The van der Waals surface area contributed by atoms with Crippen molar-refractivity contribution in [1.82, 2.24) is 5.32 Å². The molecule has 1 heteroatoms. The molecule has 0 aliphatic heterocycles. The summed E-state index contributed by atoms with van der Waals surface area (Å²) in [6.45, 7) is 3.27. The molecule has 2 atom stereocenters. The van der Waals surface area contributed by atoms with Crippen LogP contribution in [0.3, 0.4) is 0 Å². The Bertz CT molecular complexity index is 881. The Balaban J connectivity index is 0.000000282. The molecule has 1 spiro atoms. The monoisotopic (exact) mass is 411 g/mol. The Morgan fingerprint density at radius 3 is 1.94 bits per heavy atom. The average Bonchev–Trinajstić information content (AvgIpc) is 3.50. The minimum absolute atomic E-state index is 0.426. The van der Waals surface area contributed by atoms with Crippen LogP contribution in [-0.4, -0.2) is 6.54 Å². The largest absolute Gasteiger partial charge is 0.309 e. The molecule has 0 amide bonds. The lowest BCUT2D eigenvalue weighted by Gasteiger charge is -2.24. The normalized spacial score (nSPS) is 19.8. The number of nitrogens with one attached hydrogen (secondary N) is 1. The third kappa shape index (κ3) is 6.31. The maximum Gasteiger partial charge on any atom is 0.0360 e. The molecule has 3 aromatic carbocycles. The van der Waals surface area contributed by atoms with Crippen LogP contribution >= 0.6 is 0 Å². The van der Waals surface area contributed by atoms with Gasteiger partial charge in [-0.05, 0) is 61.6 Å². The van der Waals surface area contributed by atoms with Gasteiger partial charge in [-0.1, -0.05) is 116 Å². The second kappa shape index (κ2) is 10.8. The summed E-state index contributed by atoms with van der Waals surface area (Å²) in [7, 11) is 0. The summed E-state index contributed by atoms with van der Waals surface area (Å²) in [4.78, 5) is 0. The van der Waals surface area contributed by atoms with Crippen molar-refractivity contribution < 1.29 is 0 Å². The van der Waals surface area contributed by atoms with Gasteiger partial charge in [0.15, 0.2) is 0 Å². The third-order valence-corrected chi connectivity index (χ3v) is 7.24. The molecular weight excluding hydrogens is 374 g/mol. The maximum atomic E-state index is 3.92. The van der Waals surface area contributed by atoms with Crippen molar-refractivity contribution in [3.8, 4) is 0 Å². The van der Waals surface area contributed by atoms with Gasteiger partial charge >= 0.3 is 0 Å². The molecule has 2 aliphatic rings. The first-order valence-electron chi connectivity index (χ1n) is 12.1. The first-order chi connectivity index (χ1) is 15.3. The van der Waals surface area contributed by atoms with Crippen LogP contribution in [0.5, 0.6) is 0 Å². The summed E-state index contributed by atoms with van der Waals surface area (Å²) in [5.74, 6) is 0.916. The fourth-order valence-corrected chi connectivity index (χ4v) is 5.25. The first-order valence-corrected chi connectivity index (χ1v) is 12.1. The number of rotatable bonds is 6. The van der Waals surface area contributed by atoms with Crippen molar-refractivity contribution in [2.75, 3.05) is 6.54 Å². The minimum atomic E-state index is 0.426. The Morgan fingerprint density at radius 1 is 0.774 bits per heavy atom. The zero-order valence-corrected chi connectivity index (χ0v) is 19.0. The number of hydrogen-bond donors (Lipinski definition) is 1. The van der Waals surface area contributed by atoms with E-state index >= 15 is 0 Å². The quantitative estimate of drug-likeness (QED) is 0.442. The zero-order valence-electron chi connectivity index (χ0n) is 19.0. The Morgan fingerprint density at radius 2 is 1.35 bits per heavy atom. The van der Waals surface area contributed by atoms with Crippen molar-refractivity contribution in [2.24, 2.45) is 11.3 Å². The lowest BCUT2D eigenvalue weighted by Crippen LogP contribution is -2.27. The van der Waals surface area contributed by atoms with Gasteiger partial charge in [-0.15, -0.1) is 0 Å². The molecule has 162 valence electrons. The van der Waals surface area contributed by atoms with Crippen LogP contribution in [0.15, 0.2) is 91.0 Å². The van der Waals surface area contributed by atoms with Crippen molar-refractivity contribution in [1.29, 1.82) is 0 Å². The van der Waals surface area contributed by atoms with Gasteiger partial charge in [-0.25, -0.2) is 0 Å². The number of benzene rings is 3. The van der Waals surface area contributed by atoms with E-state index in [0.717, 1.165) is 17.8 Å². The van der Waals surface area contributed by atoms with Gasteiger partial charge in [0.05, 0.1) is 0 Å². The predicted molar refractivity (Wildman–Crippen MR) is 132 cm³/mol. The lowest BCUT2D eigenvalue weighted by molar-refractivity contribution is 0.300. The molecular formula is C30H37N. The molecule has 1 nitrogen and oxygen atoms in total. The molecule has 2 fully saturated rings. The lowest BCUT2D eigenvalue weighted by atomic mass is 9.84. The summed E-state index contributed by atoms with van der Waals surface area (Å²) in [6.07, 6.45) is 9.88. The molecule has 0 aromatic heterocycles. The molecule has 2 unspecified atom stereocenters. The second-order valence-electron chi connectivity index (χ2n) is 9.54. The van der Waals surface area contributed by atoms with E-state index in [2.05, 4.69) is 85.0 Å². The Kier molecular flexibility index (Phi) is 7.59. The fourth-order valence-electron chi connectivity index (χ4n) is 5.25. The molecule has 31 heavy (non-hydrogen) atoms. The smallest absolute Gasteiger partial charge is 0.0360 e. The van der Waals surface area contributed by atoms with Crippen molar-refractivity contribution in [3.05, 3.63) is 108 Å². The van der Waals surface area contributed by atoms with E-state index < -0.39 is 0 Å². The van der Waals surface area contributed by atoms with E-state index in [1.165, 1.54) is 61.8 Å². The van der Waals surface area contributed by atoms with Crippen LogP contribution < -0.4 is 5.32 Å². The Labute approximate surface area is 188 Å². The van der Waals surface area contributed by atoms with Crippen LogP contribution in [0, 0.1) is 18.3 Å². The van der Waals surface area contributed by atoms with E-state index in [1.54, 1.807) is 0 Å². The van der Waals surface area contributed by atoms with Gasteiger partial charge in [-0.2, -0.15) is 0 Å². The van der Waals surface area contributed by atoms with Gasteiger partial charge in [0.25, 0.3) is 0 Å². The highest BCUT2D eigenvalue weighted by Gasteiger charge is 2.53. The van der Waals surface area contributed by atoms with Crippen molar-refractivity contribution in [3.63, 3.8) is 0 Å². The van der Waals surface area contributed by atoms with E-state index in [0.29, 0.717) is 6.04 Å². The van der Waals surface area contributed by atoms with Gasteiger partial charge < -0.3 is 5.32 Å². The van der Waals surface area contributed by atoms with Gasteiger partial charge in [-0.3, -0.25) is 0 Å². The number of aryl methyl sites for hydroxylation is 1. The summed E-state index contributed by atoms with van der Waals surface area (Å²) in [6, 6.07) is 32.6. The molecule has 2 aliphatic carbocycles. The van der Waals surface area contributed by atoms with Gasteiger partial charge in [0.2, 0.25) is 0 Å². The van der Waals surface area contributed by atoms with Crippen molar-refractivity contribution in [2.45, 2.75) is 57.9 Å². The van der Waals surface area contributed by atoms with Crippen molar-refractivity contribution >= 4 is 0 Å². The summed E-state index contributed by atoms with van der Waals surface area (Å²) in [5.41, 5.74) is 4.88. The predicted octanol–water partition coefficient (Wildman–Crippen LogP) is 7.53. The van der Waals surface area contributed by atoms with Gasteiger partial charge in [0.1, 0.15) is 0 Å². The van der Waals surface area contributed by atoms with E-state index in [4.69, 9.17) is 0 Å².